The van der Waals surface area contributed by atoms with E-state index in [0.29, 0.717) is 36.9 Å². The van der Waals surface area contributed by atoms with Crippen molar-refractivity contribution in [3.8, 4) is 11.5 Å². The van der Waals surface area contributed by atoms with Crippen LogP contribution in [0.15, 0.2) is 53.7 Å². The molecule has 0 bridgehead atoms. The second-order valence-electron chi connectivity index (χ2n) is 6.91. The Labute approximate surface area is 166 Å². The first-order valence-electron chi connectivity index (χ1n) is 9.08. The quantitative estimate of drug-likeness (QED) is 0.620. The highest BCUT2D eigenvalue weighted by atomic mass is 32.1. The van der Waals surface area contributed by atoms with Crippen LogP contribution in [-0.2, 0) is 13.1 Å². The normalized spacial score (nSPS) is 17.2. The number of hydrogen-bond acceptors (Lipinski definition) is 6. The minimum Gasteiger partial charge on any atom is -0.478 e. The lowest BCUT2D eigenvalue weighted by Gasteiger charge is -2.29. The Bertz CT molecular complexity index is 1090. The van der Waals surface area contributed by atoms with Gasteiger partial charge < -0.3 is 9.47 Å². The number of allylic oxidation sites excluding steroid dienone is 1. The summed E-state index contributed by atoms with van der Waals surface area (Å²) in [5.41, 5.74) is 3.63. The molecule has 0 aliphatic carbocycles. The standard InChI is InChI=1S/C22H18N2O3S/c1-14-7-9-28-20(14)10-19-21(25)16-5-6-18-17(22(16)27-19)12-24(13-26-18)11-15-4-2-3-8-23-15/h2-10H,11-13H2,1H3. The number of carbonyl (C=O) groups is 1. The fraction of sp³-hybridized carbons (Fsp3) is 0.182. The van der Waals surface area contributed by atoms with Crippen LogP contribution < -0.4 is 9.47 Å². The summed E-state index contributed by atoms with van der Waals surface area (Å²) in [7, 11) is 0. The maximum atomic E-state index is 12.8. The Morgan fingerprint density at radius 2 is 2.18 bits per heavy atom. The number of rotatable bonds is 3. The first-order valence-corrected chi connectivity index (χ1v) is 9.96. The topological polar surface area (TPSA) is 51.7 Å². The van der Waals surface area contributed by atoms with Crippen LogP contribution in [0.2, 0.25) is 0 Å². The maximum absolute atomic E-state index is 12.8. The molecule has 5 rings (SSSR count). The van der Waals surface area contributed by atoms with Crippen molar-refractivity contribution in [2.24, 2.45) is 0 Å². The molecule has 0 spiro atoms. The number of aryl methyl sites for hydroxylation is 1. The minimum absolute atomic E-state index is 0.0764. The minimum atomic E-state index is -0.0764. The van der Waals surface area contributed by atoms with E-state index in [1.807, 2.05) is 48.7 Å². The van der Waals surface area contributed by atoms with E-state index in [9.17, 15) is 4.79 Å². The highest BCUT2D eigenvalue weighted by molar-refractivity contribution is 7.11. The van der Waals surface area contributed by atoms with Gasteiger partial charge in [-0.25, -0.2) is 0 Å². The predicted octanol–water partition coefficient (Wildman–Crippen LogP) is 4.42. The number of Topliss-reactive ketones (excluding diaryl/α,β-unsaturated/α-hetero) is 1. The number of benzene rings is 1. The van der Waals surface area contributed by atoms with Gasteiger partial charge in [0.15, 0.2) is 5.76 Å². The molecule has 0 saturated carbocycles. The molecular formula is C22H18N2O3S. The summed E-state index contributed by atoms with van der Waals surface area (Å²) in [6.45, 7) is 3.83. The molecule has 0 saturated heterocycles. The van der Waals surface area contributed by atoms with Crippen LogP contribution in [0.5, 0.6) is 11.5 Å². The summed E-state index contributed by atoms with van der Waals surface area (Å²) in [5.74, 6) is 1.69. The van der Waals surface area contributed by atoms with Crippen molar-refractivity contribution >= 4 is 23.2 Å². The molecule has 0 unspecified atom stereocenters. The van der Waals surface area contributed by atoms with Gasteiger partial charge in [-0.3, -0.25) is 14.7 Å². The average Bonchev–Trinajstić information content (AvgIpc) is 3.26. The Morgan fingerprint density at radius 3 is 2.96 bits per heavy atom. The van der Waals surface area contributed by atoms with Gasteiger partial charge in [0, 0.05) is 30.2 Å². The van der Waals surface area contributed by atoms with Gasteiger partial charge in [-0.1, -0.05) is 6.07 Å². The van der Waals surface area contributed by atoms with E-state index in [-0.39, 0.29) is 5.78 Å². The molecule has 4 heterocycles. The van der Waals surface area contributed by atoms with Crippen LogP contribution in [0, 0.1) is 6.92 Å². The van der Waals surface area contributed by atoms with Crippen LogP contribution in [-0.4, -0.2) is 22.4 Å². The molecule has 5 nitrogen and oxygen atoms in total. The highest BCUT2D eigenvalue weighted by Crippen LogP contribution is 2.42. The number of ether oxygens (including phenoxy) is 2. The van der Waals surface area contributed by atoms with Gasteiger partial charge in [0.05, 0.1) is 16.8 Å². The zero-order chi connectivity index (χ0) is 19.1. The number of pyridine rings is 1. The van der Waals surface area contributed by atoms with Crippen LogP contribution >= 0.6 is 11.3 Å². The third-order valence-corrected chi connectivity index (χ3v) is 5.92. The molecule has 0 atom stereocenters. The van der Waals surface area contributed by atoms with Gasteiger partial charge in [-0.15, -0.1) is 11.3 Å². The Hall–Kier alpha value is -2.96. The molecule has 0 amide bonds. The molecule has 28 heavy (non-hydrogen) atoms. The molecule has 0 radical (unpaired) electrons. The maximum Gasteiger partial charge on any atom is 0.232 e. The molecule has 3 aromatic rings. The lowest BCUT2D eigenvalue weighted by atomic mass is 10.0. The largest absolute Gasteiger partial charge is 0.478 e. The van der Waals surface area contributed by atoms with E-state index >= 15 is 0 Å². The Kier molecular flexibility index (Phi) is 4.22. The van der Waals surface area contributed by atoms with Crippen LogP contribution in [0.1, 0.15) is 32.1 Å². The Morgan fingerprint density at radius 1 is 1.25 bits per heavy atom. The molecule has 2 aliphatic rings. The SMILES string of the molecule is Cc1ccsc1C=C1Oc2c(ccc3c2CN(Cc2ccccn2)CO3)C1=O. The summed E-state index contributed by atoms with van der Waals surface area (Å²) >= 11 is 1.60. The summed E-state index contributed by atoms with van der Waals surface area (Å²) in [6.07, 6.45) is 3.63. The monoisotopic (exact) mass is 390 g/mol. The molecule has 2 aromatic heterocycles. The van der Waals surface area contributed by atoms with Gasteiger partial charge in [-0.2, -0.15) is 0 Å². The van der Waals surface area contributed by atoms with Crippen molar-refractivity contribution < 1.29 is 14.3 Å². The third-order valence-electron chi connectivity index (χ3n) is 4.96. The zero-order valence-corrected chi connectivity index (χ0v) is 16.2. The summed E-state index contributed by atoms with van der Waals surface area (Å²) < 4.78 is 12.0. The number of nitrogens with zero attached hydrogens (tertiary/aromatic N) is 2. The van der Waals surface area contributed by atoms with Gasteiger partial charge in [0.25, 0.3) is 0 Å². The molecule has 6 heteroatoms. The molecule has 0 N–H and O–H groups in total. The zero-order valence-electron chi connectivity index (χ0n) is 15.3. The molecule has 2 aliphatic heterocycles. The van der Waals surface area contributed by atoms with Gasteiger partial charge in [-0.05, 0) is 48.2 Å². The number of aromatic nitrogens is 1. The van der Waals surface area contributed by atoms with Gasteiger partial charge in [0.2, 0.25) is 5.78 Å². The van der Waals surface area contributed by atoms with Crippen molar-refractivity contribution in [3.05, 3.63) is 81.0 Å². The fourth-order valence-corrected chi connectivity index (χ4v) is 4.33. The number of ketones is 1. The first-order chi connectivity index (χ1) is 13.7. The van der Waals surface area contributed by atoms with E-state index < -0.39 is 0 Å². The third kappa shape index (κ3) is 3.00. The van der Waals surface area contributed by atoms with E-state index in [1.54, 1.807) is 23.6 Å². The molecule has 0 fully saturated rings. The Balaban J connectivity index is 1.45. The first kappa shape index (κ1) is 17.2. The summed E-state index contributed by atoms with van der Waals surface area (Å²) in [5, 5.41) is 2.01. The number of thiophene rings is 1. The van der Waals surface area contributed by atoms with Crippen molar-refractivity contribution in [2.75, 3.05) is 6.73 Å². The second-order valence-corrected chi connectivity index (χ2v) is 7.86. The predicted molar refractivity (Wildman–Crippen MR) is 107 cm³/mol. The lowest BCUT2D eigenvalue weighted by molar-refractivity contribution is 0.0861. The number of hydrogen-bond donors (Lipinski definition) is 0. The number of fused-ring (bicyclic) bond motifs is 3. The van der Waals surface area contributed by atoms with Gasteiger partial charge >= 0.3 is 0 Å². The van der Waals surface area contributed by atoms with Crippen LogP contribution in [0.3, 0.4) is 0 Å². The van der Waals surface area contributed by atoms with E-state index in [2.05, 4.69) is 9.88 Å². The number of carbonyl (C=O) groups excluding carboxylic acids is 1. The average molecular weight is 390 g/mol. The van der Waals surface area contributed by atoms with E-state index in [4.69, 9.17) is 9.47 Å². The van der Waals surface area contributed by atoms with Crippen LogP contribution in [0.25, 0.3) is 6.08 Å². The van der Waals surface area contributed by atoms with Gasteiger partial charge in [0.1, 0.15) is 18.2 Å². The second kappa shape index (κ2) is 6.89. The van der Waals surface area contributed by atoms with Crippen molar-refractivity contribution in [1.82, 2.24) is 9.88 Å². The van der Waals surface area contributed by atoms with Crippen molar-refractivity contribution in [3.63, 3.8) is 0 Å². The molecule has 1 aromatic carbocycles. The van der Waals surface area contributed by atoms with E-state index in [0.717, 1.165) is 27.4 Å². The summed E-state index contributed by atoms with van der Waals surface area (Å²) in [6, 6.07) is 11.6. The smallest absolute Gasteiger partial charge is 0.232 e. The van der Waals surface area contributed by atoms with Crippen molar-refractivity contribution in [1.29, 1.82) is 0 Å². The van der Waals surface area contributed by atoms with Crippen molar-refractivity contribution in [2.45, 2.75) is 20.0 Å². The lowest BCUT2D eigenvalue weighted by Crippen LogP contribution is -2.32. The highest BCUT2D eigenvalue weighted by Gasteiger charge is 2.33. The van der Waals surface area contributed by atoms with E-state index in [1.165, 1.54) is 0 Å². The summed E-state index contributed by atoms with van der Waals surface area (Å²) in [4.78, 5) is 20.4. The molecule has 140 valence electrons. The fourth-order valence-electron chi connectivity index (χ4n) is 3.48. The van der Waals surface area contributed by atoms with Crippen LogP contribution in [0.4, 0.5) is 0 Å². The molecular weight excluding hydrogens is 372 g/mol.